The number of hydrogen-bond acceptors (Lipinski definition) is 4. The summed E-state index contributed by atoms with van der Waals surface area (Å²) in [7, 11) is 0. The van der Waals surface area contributed by atoms with Gasteiger partial charge in [-0.3, -0.25) is 4.79 Å². The standard InChI is InChI=1S/C19H27N5OS/c1-4-20-19(23-12-18-24-16(13-26-18)14(2)3)22-11-17(25)21-10-15-8-6-5-7-9-15/h5-9,13-14H,4,10-12H2,1-3H3,(H,21,25)(H2,20,22,23). The first kappa shape index (κ1) is 19.9. The quantitative estimate of drug-likeness (QED) is 0.491. The van der Waals surface area contributed by atoms with Crippen molar-refractivity contribution in [3.63, 3.8) is 0 Å². The molecule has 1 amide bonds. The second-order valence-electron chi connectivity index (χ2n) is 6.13. The van der Waals surface area contributed by atoms with Crippen molar-refractivity contribution in [1.29, 1.82) is 0 Å². The molecule has 3 N–H and O–H groups in total. The fourth-order valence-corrected chi connectivity index (χ4v) is 3.07. The van der Waals surface area contributed by atoms with E-state index < -0.39 is 0 Å². The number of amides is 1. The molecule has 1 aromatic heterocycles. The Morgan fingerprint density at radius 3 is 2.58 bits per heavy atom. The highest BCUT2D eigenvalue weighted by molar-refractivity contribution is 7.09. The number of guanidine groups is 1. The molecule has 0 atom stereocenters. The minimum absolute atomic E-state index is 0.0806. The molecule has 26 heavy (non-hydrogen) atoms. The molecule has 0 radical (unpaired) electrons. The molecule has 2 rings (SSSR count). The van der Waals surface area contributed by atoms with Gasteiger partial charge in [0.25, 0.3) is 0 Å². The van der Waals surface area contributed by atoms with E-state index in [1.165, 1.54) is 0 Å². The van der Waals surface area contributed by atoms with Crippen LogP contribution in [0.5, 0.6) is 0 Å². The smallest absolute Gasteiger partial charge is 0.242 e. The average molecular weight is 374 g/mol. The molecule has 1 heterocycles. The summed E-state index contributed by atoms with van der Waals surface area (Å²) in [5.74, 6) is 0.932. The number of nitrogens with zero attached hydrogens (tertiary/aromatic N) is 2. The zero-order valence-corrected chi connectivity index (χ0v) is 16.4. The van der Waals surface area contributed by atoms with Gasteiger partial charge in [-0.05, 0) is 18.4 Å². The molecule has 7 heteroatoms. The molecule has 0 saturated carbocycles. The number of nitrogens with one attached hydrogen (secondary N) is 3. The molecule has 0 aliphatic heterocycles. The van der Waals surface area contributed by atoms with E-state index in [9.17, 15) is 4.79 Å². The van der Waals surface area contributed by atoms with Crippen LogP contribution in [0, 0.1) is 0 Å². The lowest BCUT2D eigenvalue weighted by Crippen LogP contribution is -2.38. The maximum Gasteiger partial charge on any atom is 0.242 e. The van der Waals surface area contributed by atoms with Gasteiger partial charge in [-0.2, -0.15) is 0 Å². The Balaban J connectivity index is 1.81. The summed E-state index contributed by atoms with van der Waals surface area (Å²) >= 11 is 1.63. The molecule has 0 aliphatic carbocycles. The van der Waals surface area contributed by atoms with Crippen molar-refractivity contribution >= 4 is 23.2 Å². The second kappa shape index (κ2) is 10.6. The van der Waals surface area contributed by atoms with Crippen molar-refractivity contribution in [2.75, 3.05) is 13.1 Å². The van der Waals surface area contributed by atoms with E-state index in [1.54, 1.807) is 11.3 Å². The highest BCUT2D eigenvalue weighted by Gasteiger charge is 2.07. The van der Waals surface area contributed by atoms with E-state index in [2.05, 4.69) is 45.2 Å². The summed E-state index contributed by atoms with van der Waals surface area (Å²) in [5, 5.41) is 12.3. The highest BCUT2D eigenvalue weighted by atomic mass is 32.1. The minimum Gasteiger partial charge on any atom is -0.357 e. The van der Waals surface area contributed by atoms with Crippen molar-refractivity contribution in [3.8, 4) is 0 Å². The Morgan fingerprint density at radius 2 is 1.92 bits per heavy atom. The van der Waals surface area contributed by atoms with Crippen LogP contribution >= 0.6 is 11.3 Å². The monoisotopic (exact) mass is 373 g/mol. The Labute approximate surface area is 159 Å². The minimum atomic E-state index is -0.109. The Bertz CT molecular complexity index is 712. The number of thiazole rings is 1. The highest BCUT2D eigenvalue weighted by Crippen LogP contribution is 2.17. The van der Waals surface area contributed by atoms with Crippen LogP contribution < -0.4 is 16.0 Å². The normalized spacial score (nSPS) is 11.5. The SMILES string of the molecule is CCNC(=NCC(=O)NCc1ccccc1)NCc1nc(C(C)C)cs1. The lowest BCUT2D eigenvalue weighted by atomic mass is 10.2. The molecule has 0 aliphatic rings. The first-order valence-corrected chi connectivity index (χ1v) is 9.73. The Morgan fingerprint density at radius 1 is 1.15 bits per heavy atom. The molecule has 0 fully saturated rings. The van der Waals surface area contributed by atoms with Crippen molar-refractivity contribution in [2.45, 2.75) is 39.8 Å². The van der Waals surface area contributed by atoms with E-state index in [-0.39, 0.29) is 12.5 Å². The van der Waals surface area contributed by atoms with E-state index in [4.69, 9.17) is 0 Å². The molecular formula is C19H27N5OS. The summed E-state index contributed by atoms with van der Waals surface area (Å²) in [6.45, 7) is 8.17. The van der Waals surface area contributed by atoms with Crippen LogP contribution in [0.3, 0.4) is 0 Å². The van der Waals surface area contributed by atoms with Crippen molar-refractivity contribution in [2.24, 2.45) is 4.99 Å². The van der Waals surface area contributed by atoms with E-state index in [0.717, 1.165) is 22.8 Å². The van der Waals surface area contributed by atoms with Crippen LogP contribution in [0.2, 0.25) is 0 Å². The van der Waals surface area contributed by atoms with Crippen LogP contribution in [0.15, 0.2) is 40.7 Å². The molecule has 1 aromatic carbocycles. The van der Waals surface area contributed by atoms with Gasteiger partial charge in [0, 0.05) is 18.5 Å². The van der Waals surface area contributed by atoms with Crippen molar-refractivity contribution < 1.29 is 4.79 Å². The Kier molecular flexibility index (Phi) is 8.08. The Hall–Kier alpha value is -2.41. The van der Waals surface area contributed by atoms with E-state index >= 15 is 0 Å². The third kappa shape index (κ3) is 6.84. The van der Waals surface area contributed by atoms with Gasteiger partial charge in [0.1, 0.15) is 11.6 Å². The number of rotatable bonds is 8. The van der Waals surface area contributed by atoms with Gasteiger partial charge in [-0.1, -0.05) is 44.2 Å². The van der Waals surface area contributed by atoms with Gasteiger partial charge in [0.05, 0.1) is 12.2 Å². The number of carbonyl (C=O) groups excluding carboxylic acids is 1. The predicted octanol–water partition coefficient (Wildman–Crippen LogP) is 2.64. The first-order valence-electron chi connectivity index (χ1n) is 8.85. The molecule has 0 spiro atoms. The number of benzene rings is 1. The summed E-state index contributed by atoms with van der Waals surface area (Å²) in [5.41, 5.74) is 2.17. The zero-order valence-electron chi connectivity index (χ0n) is 15.6. The predicted molar refractivity (Wildman–Crippen MR) is 107 cm³/mol. The lowest BCUT2D eigenvalue weighted by Gasteiger charge is -2.10. The molecule has 0 unspecified atom stereocenters. The zero-order chi connectivity index (χ0) is 18.8. The third-order valence-corrected chi connectivity index (χ3v) is 4.49. The van der Waals surface area contributed by atoms with Gasteiger partial charge >= 0.3 is 0 Å². The third-order valence-electron chi connectivity index (χ3n) is 3.63. The van der Waals surface area contributed by atoms with Crippen LogP contribution in [-0.4, -0.2) is 29.9 Å². The summed E-state index contributed by atoms with van der Waals surface area (Å²) in [4.78, 5) is 20.9. The van der Waals surface area contributed by atoms with E-state index in [0.29, 0.717) is 25.0 Å². The fraction of sp³-hybridized carbons (Fsp3) is 0.421. The molecule has 0 bridgehead atoms. The first-order chi connectivity index (χ1) is 12.6. The van der Waals surface area contributed by atoms with Crippen LogP contribution in [-0.2, 0) is 17.9 Å². The number of hydrogen-bond donors (Lipinski definition) is 3. The van der Waals surface area contributed by atoms with Crippen LogP contribution in [0.25, 0.3) is 0 Å². The molecule has 6 nitrogen and oxygen atoms in total. The fourth-order valence-electron chi connectivity index (χ4n) is 2.18. The molecule has 2 aromatic rings. The topological polar surface area (TPSA) is 78.4 Å². The number of aromatic nitrogens is 1. The average Bonchev–Trinajstić information content (AvgIpc) is 3.12. The summed E-state index contributed by atoms with van der Waals surface area (Å²) < 4.78 is 0. The molecule has 140 valence electrons. The van der Waals surface area contributed by atoms with Crippen molar-refractivity contribution in [3.05, 3.63) is 52.0 Å². The second-order valence-corrected chi connectivity index (χ2v) is 7.07. The summed E-state index contributed by atoms with van der Waals surface area (Å²) in [6, 6.07) is 9.83. The van der Waals surface area contributed by atoms with Gasteiger partial charge in [0.15, 0.2) is 5.96 Å². The largest absolute Gasteiger partial charge is 0.357 e. The molecular weight excluding hydrogens is 346 g/mol. The van der Waals surface area contributed by atoms with Crippen molar-refractivity contribution in [1.82, 2.24) is 20.9 Å². The molecule has 0 saturated heterocycles. The summed E-state index contributed by atoms with van der Waals surface area (Å²) in [6.07, 6.45) is 0. The maximum absolute atomic E-state index is 12.0. The van der Waals surface area contributed by atoms with Crippen LogP contribution in [0.1, 0.15) is 43.0 Å². The van der Waals surface area contributed by atoms with Gasteiger partial charge in [-0.25, -0.2) is 9.98 Å². The maximum atomic E-state index is 12.0. The van der Waals surface area contributed by atoms with E-state index in [1.807, 2.05) is 37.3 Å². The van der Waals surface area contributed by atoms with Gasteiger partial charge in [-0.15, -0.1) is 11.3 Å². The van der Waals surface area contributed by atoms with Crippen LogP contribution in [0.4, 0.5) is 0 Å². The number of aliphatic imine (C=N–C) groups is 1. The van der Waals surface area contributed by atoms with Gasteiger partial charge < -0.3 is 16.0 Å². The number of carbonyl (C=O) groups is 1. The lowest BCUT2D eigenvalue weighted by molar-refractivity contribution is -0.119. The van der Waals surface area contributed by atoms with Gasteiger partial charge in [0.2, 0.25) is 5.91 Å².